The predicted octanol–water partition coefficient (Wildman–Crippen LogP) is 1.20. The monoisotopic (exact) mass is 494 g/mol. The first-order valence-corrected chi connectivity index (χ1v) is 12.8. The first-order valence-electron chi connectivity index (χ1n) is 12.8. The zero-order valence-corrected chi connectivity index (χ0v) is 20.9. The minimum absolute atomic E-state index is 0.0955. The molecule has 2 fully saturated rings. The summed E-state index contributed by atoms with van der Waals surface area (Å²) in [5.74, 6) is -0.203. The van der Waals surface area contributed by atoms with Gasteiger partial charge in [0.15, 0.2) is 5.69 Å². The van der Waals surface area contributed by atoms with Gasteiger partial charge in [-0.2, -0.15) is 5.10 Å². The van der Waals surface area contributed by atoms with E-state index in [0.29, 0.717) is 50.3 Å². The normalized spacial score (nSPS) is 18.4. The summed E-state index contributed by atoms with van der Waals surface area (Å²) in [5.41, 5.74) is 3.52. The van der Waals surface area contributed by atoms with Gasteiger partial charge >= 0.3 is 0 Å². The molecule has 1 aromatic carbocycles. The summed E-state index contributed by atoms with van der Waals surface area (Å²) in [5, 5.41) is 7.50. The SMILES string of the molecule is Cn1nc(C(=O)NCCCN2CCOCC2)c2c1CCN(C(=O)c1cccc(N3CCCC3=O)c1)C2. The number of benzene rings is 1. The molecule has 3 amide bonds. The van der Waals surface area contributed by atoms with Gasteiger partial charge in [-0.25, -0.2) is 0 Å². The van der Waals surface area contributed by atoms with Crippen LogP contribution >= 0.6 is 0 Å². The Labute approximate surface area is 211 Å². The Bertz CT molecular complexity index is 1140. The Kier molecular flexibility index (Phi) is 7.33. The van der Waals surface area contributed by atoms with Crippen LogP contribution in [-0.4, -0.2) is 89.8 Å². The standard InChI is InChI=1S/C26H34N6O4/c1-29-22-8-12-31(26(35)19-5-2-6-20(17-19)32-11-3-7-23(32)33)18-21(22)24(28-29)25(34)27-9-4-10-30-13-15-36-16-14-30/h2,5-6,17H,3-4,7-16,18H2,1H3,(H,27,34). The van der Waals surface area contributed by atoms with Crippen molar-refractivity contribution in [1.29, 1.82) is 0 Å². The second-order valence-corrected chi connectivity index (χ2v) is 9.64. The quantitative estimate of drug-likeness (QED) is 0.581. The first kappa shape index (κ1) is 24.5. The van der Waals surface area contributed by atoms with Gasteiger partial charge < -0.3 is 19.9 Å². The number of carbonyl (C=O) groups is 3. The molecular weight excluding hydrogens is 460 g/mol. The molecule has 4 heterocycles. The number of ether oxygens (including phenoxy) is 1. The van der Waals surface area contributed by atoms with Crippen LogP contribution in [0.5, 0.6) is 0 Å². The van der Waals surface area contributed by atoms with Crippen LogP contribution in [0, 0.1) is 0 Å². The maximum Gasteiger partial charge on any atom is 0.272 e. The molecule has 1 aromatic heterocycles. The topological polar surface area (TPSA) is 100 Å². The van der Waals surface area contributed by atoms with Crippen LogP contribution in [0.25, 0.3) is 0 Å². The second-order valence-electron chi connectivity index (χ2n) is 9.64. The molecule has 36 heavy (non-hydrogen) atoms. The van der Waals surface area contributed by atoms with Gasteiger partial charge in [-0.15, -0.1) is 0 Å². The highest BCUT2D eigenvalue weighted by Gasteiger charge is 2.30. The number of aromatic nitrogens is 2. The average Bonchev–Trinajstić information content (AvgIpc) is 3.49. The Hall–Kier alpha value is -3.24. The molecule has 0 unspecified atom stereocenters. The number of rotatable bonds is 7. The van der Waals surface area contributed by atoms with Crippen molar-refractivity contribution in [2.45, 2.75) is 32.2 Å². The predicted molar refractivity (Wildman–Crippen MR) is 134 cm³/mol. The zero-order chi connectivity index (χ0) is 25.1. The van der Waals surface area contributed by atoms with Gasteiger partial charge in [0.25, 0.3) is 11.8 Å². The van der Waals surface area contributed by atoms with E-state index in [-0.39, 0.29) is 17.7 Å². The average molecular weight is 495 g/mol. The van der Waals surface area contributed by atoms with Crippen LogP contribution in [0.1, 0.15) is 51.4 Å². The van der Waals surface area contributed by atoms with E-state index in [4.69, 9.17) is 4.74 Å². The van der Waals surface area contributed by atoms with Gasteiger partial charge in [-0.3, -0.25) is 24.0 Å². The van der Waals surface area contributed by atoms with E-state index in [9.17, 15) is 14.4 Å². The fourth-order valence-corrected chi connectivity index (χ4v) is 5.27. The van der Waals surface area contributed by atoms with Gasteiger partial charge in [0.2, 0.25) is 5.91 Å². The van der Waals surface area contributed by atoms with Crippen LogP contribution in [-0.2, 0) is 29.5 Å². The van der Waals surface area contributed by atoms with Crippen molar-refractivity contribution in [1.82, 2.24) is 24.9 Å². The third kappa shape index (κ3) is 5.15. The van der Waals surface area contributed by atoms with Crippen molar-refractivity contribution in [3.05, 3.63) is 46.8 Å². The summed E-state index contributed by atoms with van der Waals surface area (Å²) in [6, 6.07) is 7.28. The van der Waals surface area contributed by atoms with E-state index >= 15 is 0 Å². The van der Waals surface area contributed by atoms with Crippen LogP contribution in [0.2, 0.25) is 0 Å². The number of carbonyl (C=O) groups excluding carboxylic acids is 3. The molecule has 192 valence electrons. The highest BCUT2D eigenvalue weighted by Crippen LogP contribution is 2.26. The van der Waals surface area contributed by atoms with Crippen molar-refractivity contribution in [2.24, 2.45) is 7.05 Å². The number of nitrogens with zero attached hydrogens (tertiary/aromatic N) is 5. The summed E-state index contributed by atoms with van der Waals surface area (Å²) in [6.45, 7) is 6.48. The highest BCUT2D eigenvalue weighted by atomic mass is 16.5. The fraction of sp³-hybridized carbons (Fsp3) is 0.538. The lowest BCUT2D eigenvalue weighted by Gasteiger charge is -2.28. The summed E-state index contributed by atoms with van der Waals surface area (Å²) in [4.78, 5) is 44.4. The number of fused-ring (bicyclic) bond motifs is 1. The van der Waals surface area contributed by atoms with E-state index in [1.807, 2.05) is 19.2 Å². The lowest BCUT2D eigenvalue weighted by Crippen LogP contribution is -2.38. The number of amides is 3. The van der Waals surface area contributed by atoms with Gasteiger partial charge in [0, 0.05) is 75.1 Å². The molecule has 2 aromatic rings. The number of anilines is 1. The smallest absolute Gasteiger partial charge is 0.272 e. The van der Waals surface area contributed by atoms with Crippen molar-refractivity contribution in [3.8, 4) is 0 Å². The molecule has 0 aliphatic carbocycles. The highest BCUT2D eigenvalue weighted by molar-refractivity contribution is 5.99. The molecule has 2 saturated heterocycles. The molecule has 10 heteroatoms. The lowest BCUT2D eigenvalue weighted by atomic mass is 10.0. The van der Waals surface area contributed by atoms with Gasteiger partial charge in [0.1, 0.15) is 0 Å². The minimum atomic E-state index is -0.197. The third-order valence-electron chi connectivity index (χ3n) is 7.26. The number of hydrogen-bond acceptors (Lipinski definition) is 6. The van der Waals surface area contributed by atoms with Crippen LogP contribution in [0.4, 0.5) is 5.69 Å². The van der Waals surface area contributed by atoms with Crippen molar-refractivity contribution in [2.75, 3.05) is 57.4 Å². The van der Waals surface area contributed by atoms with E-state index in [1.54, 1.807) is 26.6 Å². The first-order chi connectivity index (χ1) is 17.5. The summed E-state index contributed by atoms with van der Waals surface area (Å²) >= 11 is 0. The van der Waals surface area contributed by atoms with Crippen LogP contribution in [0.3, 0.4) is 0 Å². The van der Waals surface area contributed by atoms with Crippen molar-refractivity contribution >= 4 is 23.4 Å². The van der Waals surface area contributed by atoms with Crippen LogP contribution in [0.15, 0.2) is 24.3 Å². The molecule has 0 spiro atoms. The van der Waals surface area contributed by atoms with Gasteiger partial charge in [-0.05, 0) is 37.6 Å². The van der Waals surface area contributed by atoms with E-state index < -0.39 is 0 Å². The molecule has 0 saturated carbocycles. The Balaban J connectivity index is 1.23. The Morgan fingerprint density at radius 2 is 1.94 bits per heavy atom. The molecule has 10 nitrogen and oxygen atoms in total. The molecular formula is C26H34N6O4. The number of nitrogens with one attached hydrogen (secondary N) is 1. The summed E-state index contributed by atoms with van der Waals surface area (Å²) in [6.07, 6.45) is 2.89. The summed E-state index contributed by atoms with van der Waals surface area (Å²) in [7, 11) is 1.85. The molecule has 5 rings (SSSR count). The molecule has 0 bridgehead atoms. The largest absolute Gasteiger partial charge is 0.379 e. The number of aryl methyl sites for hydroxylation is 1. The second kappa shape index (κ2) is 10.8. The molecule has 3 aliphatic heterocycles. The van der Waals surface area contributed by atoms with E-state index in [2.05, 4.69) is 15.3 Å². The molecule has 3 aliphatic rings. The number of hydrogen-bond donors (Lipinski definition) is 1. The van der Waals surface area contributed by atoms with Crippen LogP contribution < -0.4 is 10.2 Å². The maximum atomic E-state index is 13.4. The number of morpholine rings is 1. The van der Waals surface area contributed by atoms with Crippen molar-refractivity contribution in [3.63, 3.8) is 0 Å². The minimum Gasteiger partial charge on any atom is -0.379 e. The Morgan fingerprint density at radius 3 is 2.72 bits per heavy atom. The van der Waals surface area contributed by atoms with Gasteiger partial charge in [-0.1, -0.05) is 6.07 Å². The van der Waals surface area contributed by atoms with E-state index in [0.717, 1.165) is 62.6 Å². The molecule has 0 atom stereocenters. The molecule has 0 radical (unpaired) electrons. The fourth-order valence-electron chi connectivity index (χ4n) is 5.27. The maximum absolute atomic E-state index is 13.4. The zero-order valence-electron chi connectivity index (χ0n) is 20.9. The van der Waals surface area contributed by atoms with E-state index in [1.165, 1.54) is 0 Å². The summed E-state index contributed by atoms with van der Waals surface area (Å²) < 4.78 is 7.14. The third-order valence-corrected chi connectivity index (χ3v) is 7.26. The van der Waals surface area contributed by atoms with Gasteiger partial charge in [0.05, 0.1) is 19.8 Å². The molecule has 1 N–H and O–H groups in total. The Morgan fingerprint density at radius 1 is 1.11 bits per heavy atom. The lowest BCUT2D eigenvalue weighted by molar-refractivity contribution is -0.117. The van der Waals surface area contributed by atoms with Crippen molar-refractivity contribution < 1.29 is 19.1 Å².